The molecule has 4 rings (SSSR count). The monoisotopic (exact) mass is 512 g/mol. The van der Waals surface area contributed by atoms with Gasteiger partial charge in [0.25, 0.3) is 5.91 Å². The van der Waals surface area contributed by atoms with Crippen LogP contribution in [0.5, 0.6) is 5.75 Å². The summed E-state index contributed by atoms with van der Waals surface area (Å²) in [7, 11) is 0. The minimum absolute atomic E-state index is 0.207. The molecular formula is C31H36N4O3. The normalized spacial score (nSPS) is 14.8. The maximum Gasteiger partial charge on any atom is 0.272 e. The molecule has 0 bridgehead atoms. The second-order valence-electron chi connectivity index (χ2n) is 10.5. The largest absolute Gasteiger partial charge is 0.489 e. The Kier molecular flexibility index (Phi) is 8.27. The van der Waals surface area contributed by atoms with E-state index < -0.39 is 5.60 Å². The van der Waals surface area contributed by atoms with Gasteiger partial charge in [-0.25, -0.2) is 0 Å². The number of carbonyl (C=O) groups is 1. The highest BCUT2D eigenvalue weighted by atomic mass is 16.5. The second kappa shape index (κ2) is 11.6. The molecule has 0 saturated carbocycles. The summed E-state index contributed by atoms with van der Waals surface area (Å²) in [5.74, 6) is 0.946. The van der Waals surface area contributed by atoms with Gasteiger partial charge in [-0.3, -0.25) is 14.8 Å². The number of benzene rings is 2. The first-order valence-corrected chi connectivity index (χ1v) is 12.9. The van der Waals surface area contributed by atoms with E-state index in [1.807, 2.05) is 24.3 Å². The van der Waals surface area contributed by atoms with E-state index in [4.69, 9.17) is 10.5 Å². The number of amides is 1. The fourth-order valence-electron chi connectivity index (χ4n) is 4.38. The predicted octanol–water partition coefficient (Wildman–Crippen LogP) is 4.67. The molecule has 3 N–H and O–H groups in total. The fourth-order valence-corrected chi connectivity index (χ4v) is 4.38. The highest BCUT2D eigenvalue weighted by Gasteiger charge is 2.31. The molecule has 0 aliphatic carbocycles. The van der Waals surface area contributed by atoms with Crippen LogP contribution in [0, 0.1) is 0 Å². The Hall–Kier alpha value is -3.97. The molecule has 7 nitrogen and oxygen atoms in total. The smallest absolute Gasteiger partial charge is 0.272 e. The van der Waals surface area contributed by atoms with Crippen LogP contribution >= 0.6 is 0 Å². The van der Waals surface area contributed by atoms with Crippen molar-refractivity contribution < 1.29 is 14.6 Å². The van der Waals surface area contributed by atoms with Crippen molar-refractivity contribution in [3.8, 4) is 5.75 Å². The molecule has 2 aromatic carbocycles. The van der Waals surface area contributed by atoms with Gasteiger partial charge in [0.05, 0.1) is 12.1 Å². The van der Waals surface area contributed by atoms with Crippen molar-refractivity contribution in [2.75, 3.05) is 19.6 Å². The minimum Gasteiger partial charge on any atom is -0.489 e. The van der Waals surface area contributed by atoms with Crippen LogP contribution in [0.25, 0.3) is 11.3 Å². The summed E-state index contributed by atoms with van der Waals surface area (Å²) in [6.45, 7) is 9.26. The number of aromatic nitrogens is 1. The van der Waals surface area contributed by atoms with Crippen molar-refractivity contribution in [2.24, 2.45) is 10.7 Å². The van der Waals surface area contributed by atoms with E-state index in [1.54, 1.807) is 43.3 Å². The first-order chi connectivity index (χ1) is 18.1. The van der Waals surface area contributed by atoms with Gasteiger partial charge in [0, 0.05) is 42.3 Å². The van der Waals surface area contributed by atoms with Gasteiger partial charge in [-0.05, 0) is 60.7 Å². The molecule has 0 saturated heterocycles. The summed E-state index contributed by atoms with van der Waals surface area (Å²) in [6, 6.07) is 19.6. The number of nitrogens with two attached hydrogens (primary N) is 1. The topological polar surface area (TPSA) is 101 Å². The molecule has 1 amide bonds. The summed E-state index contributed by atoms with van der Waals surface area (Å²) in [5.41, 5.74) is 10.8. The second-order valence-corrected chi connectivity index (χ2v) is 10.5. The number of hydrogen-bond acceptors (Lipinski definition) is 6. The predicted molar refractivity (Wildman–Crippen MR) is 152 cm³/mol. The Morgan fingerprint density at radius 3 is 2.29 bits per heavy atom. The van der Waals surface area contributed by atoms with Gasteiger partial charge in [0.2, 0.25) is 0 Å². The number of pyridine rings is 1. The first-order valence-electron chi connectivity index (χ1n) is 12.9. The Morgan fingerprint density at radius 2 is 1.68 bits per heavy atom. The molecule has 0 spiro atoms. The van der Waals surface area contributed by atoms with Gasteiger partial charge < -0.3 is 20.5 Å². The molecule has 0 radical (unpaired) electrons. The summed E-state index contributed by atoms with van der Waals surface area (Å²) >= 11 is 0. The lowest BCUT2D eigenvalue weighted by Crippen LogP contribution is -2.48. The molecule has 1 aliphatic rings. The first kappa shape index (κ1) is 27.1. The zero-order valence-electron chi connectivity index (χ0n) is 22.5. The number of rotatable bonds is 9. The lowest BCUT2D eigenvalue weighted by molar-refractivity contribution is -0.127. The molecule has 1 aromatic heterocycles. The highest BCUT2D eigenvalue weighted by Crippen LogP contribution is 2.28. The van der Waals surface area contributed by atoms with Gasteiger partial charge in [0.15, 0.2) is 0 Å². The molecule has 2 heterocycles. The molecule has 1 aliphatic heterocycles. The molecule has 0 unspecified atom stereocenters. The average molecular weight is 513 g/mol. The van der Waals surface area contributed by atoms with Gasteiger partial charge in [0.1, 0.15) is 18.1 Å². The van der Waals surface area contributed by atoms with Crippen LogP contribution in [-0.2, 0) is 11.4 Å². The van der Waals surface area contributed by atoms with Gasteiger partial charge in [-0.15, -0.1) is 0 Å². The van der Waals surface area contributed by atoms with E-state index in [1.165, 1.54) is 5.56 Å². The molecule has 0 fully saturated rings. The van der Waals surface area contributed by atoms with Crippen molar-refractivity contribution in [3.63, 3.8) is 0 Å². The van der Waals surface area contributed by atoms with Gasteiger partial charge in [-0.2, -0.15) is 0 Å². The van der Waals surface area contributed by atoms with Crippen LogP contribution in [0.3, 0.4) is 0 Å². The SMILES string of the molecule is CC(C)c1ccc(COc2ccc(C(C3=NCCN(CC(C)(C)O)C3=O)=C(N)c3ccncc3)cc2)cc1. The van der Waals surface area contributed by atoms with Crippen molar-refractivity contribution >= 4 is 22.9 Å². The van der Waals surface area contributed by atoms with Crippen LogP contribution in [0.4, 0.5) is 0 Å². The Labute approximate surface area is 224 Å². The molecule has 198 valence electrons. The number of aliphatic imine (C=N–C) groups is 1. The van der Waals surface area contributed by atoms with Crippen LogP contribution < -0.4 is 10.5 Å². The summed E-state index contributed by atoms with van der Waals surface area (Å²) in [4.78, 5) is 23.8. The van der Waals surface area contributed by atoms with E-state index >= 15 is 0 Å². The molecule has 7 heteroatoms. The van der Waals surface area contributed by atoms with Gasteiger partial charge >= 0.3 is 0 Å². The summed E-state index contributed by atoms with van der Waals surface area (Å²) in [6.07, 6.45) is 3.32. The zero-order valence-corrected chi connectivity index (χ0v) is 22.5. The van der Waals surface area contributed by atoms with Crippen molar-refractivity contribution in [3.05, 3.63) is 95.3 Å². The van der Waals surface area contributed by atoms with Crippen molar-refractivity contribution in [2.45, 2.75) is 45.8 Å². The molecule has 0 atom stereocenters. The quantitative estimate of drug-likeness (QED) is 0.434. The number of hydrogen-bond donors (Lipinski definition) is 2. The lowest BCUT2D eigenvalue weighted by atomic mass is 9.94. The van der Waals surface area contributed by atoms with Crippen molar-refractivity contribution in [1.29, 1.82) is 0 Å². The zero-order chi connectivity index (χ0) is 27.3. The summed E-state index contributed by atoms with van der Waals surface area (Å²) < 4.78 is 6.02. The van der Waals surface area contributed by atoms with Crippen LogP contribution in [0.2, 0.25) is 0 Å². The van der Waals surface area contributed by atoms with Crippen molar-refractivity contribution in [1.82, 2.24) is 9.88 Å². The third-order valence-electron chi connectivity index (χ3n) is 6.40. The van der Waals surface area contributed by atoms with E-state index in [0.717, 1.165) is 16.7 Å². The fraction of sp³-hybridized carbons (Fsp3) is 0.323. The molecular weight excluding hydrogens is 476 g/mol. The third-order valence-corrected chi connectivity index (χ3v) is 6.40. The average Bonchev–Trinajstić information content (AvgIpc) is 2.90. The maximum atomic E-state index is 13.5. The Morgan fingerprint density at radius 1 is 1.03 bits per heavy atom. The van der Waals surface area contributed by atoms with Gasteiger partial charge in [-0.1, -0.05) is 50.2 Å². The standard InChI is InChI=1S/C31H36N4O3/c1-21(2)23-7-5-22(6-8-23)19-38-26-11-9-24(10-12-26)27(28(32)25-13-15-33-16-14-25)29-30(36)35(18-17-34-29)20-31(3,4)37/h5-16,21,37H,17-20,32H2,1-4H3. The number of ether oxygens (including phenoxy) is 1. The molecule has 38 heavy (non-hydrogen) atoms. The van der Waals surface area contributed by atoms with E-state index in [0.29, 0.717) is 42.6 Å². The van der Waals surface area contributed by atoms with Crippen LogP contribution in [0.1, 0.15) is 55.9 Å². The number of nitrogens with zero attached hydrogens (tertiary/aromatic N) is 3. The molecule has 3 aromatic rings. The number of β-amino-alcohol motifs (C(OH)–C–C–N with tert-alkyl or cyclic N) is 1. The number of carbonyl (C=O) groups excluding carboxylic acids is 1. The lowest BCUT2D eigenvalue weighted by Gasteiger charge is -2.32. The third kappa shape index (κ3) is 6.66. The van der Waals surface area contributed by atoms with E-state index in [-0.39, 0.29) is 18.2 Å². The van der Waals surface area contributed by atoms with Crippen LogP contribution in [-0.4, -0.2) is 51.8 Å². The van der Waals surface area contributed by atoms with E-state index in [9.17, 15) is 9.90 Å². The number of aliphatic hydroxyl groups is 1. The maximum absolute atomic E-state index is 13.5. The summed E-state index contributed by atoms with van der Waals surface area (Å²) in [5, 5.41) is 10.3. The van der Waals surface area contributed by atoms with Crippen LogP contribution in [0.15, 0.2) is 78.0 Å². The minimum atomic E-state index is -1.02. The Bertz CT molecular complexity index is 1310. The Balaban J connectivity index is 1.61. The van der Waals surface area contributed by atoms with E-state index in [2.05, 4.69) is 48.1 Å². The highest BCUT2D eigenvalue weighted by molar-refractivity contribution is 6.58.